The molecule has 0 aliphatic carbocycles. The zero-order chi connectivity index (χ0) is 11.5. The van der Waals surface area contributed by atoms with Gasteiger partial charge in [-0.1, -0.05) is 0 Å². The normalized spacial score (nSPS) is 19.7. The van der Waals surface area contributed by atoms with Gasteiger partial charge in [-0.15, -0.1) is 0 Å². The van der Waals surface area contributed by atoms with Gasteiger partial charge in [0.1, 0.15) is 17.7 Å². The standard InChI is InChI=1S/C11H12FNO3/c12-8-6-7(14)3-4-9(8)13-11(15)10-2-1-5-16-10/h3-4,6,10,14H,1-2,5H2,(H,13,15)/t10-/m0/s1. The highest BCUT2D eigenvalue weighted by atomic mass is 19.1. The lowest BCUT2D eigenvalue weighted by Crippen LogP contribution is -2.27. The zero-order valence-electron chi connectivity index (χ0n) is 8.57. The fraction of sp³-hybridized carbons (Fsp3) is 0.364. The molecule has 5 heteroatoms. The van der Waals surface area contributed by atoms with E-state index >= 15 is 0 Å². The number of ether oxygens (including phenoxy) is 1. The second-order valence-corrected chi connectivity index (χ2v) is 3.66. The molecule has 0 spiro atoms. The number of rotatable bonds is 2. The summed E-state index contributed by atoms with van der Waals surface area (Å²) in [5.74, 6) is -1.18. The maximum Gasteiger partial charge on any atom is 0.253 e. The third-order valence-corrected chi connectivity index (χ3v) is 2.43. The Hall–Kier alpha value is -1.62. The third-order valence-electron chi connectivity index (χ3n) is 2.43. The van der Waals surface area contributed by atoms with E-state index in [-0.39, 0.29) is 17.3 Å². The summed E-state index contributed by atoms with van der Waals surface area (Å²) in [7, 11) is 0. The van der Waals surface area contributed by atoms with E-state index in [2.05, 4.69) is 5.32 Å². The molecule has 2 N–H and O–H groups in total. The number of hydrogen-bond donors (Lipinski definition) is 2. The molecule has 1 atom stereocenters. The fourth-order valence-electron chi connectivity index (χ4n) is 1.60. The Kier molecular flexibility index (Phi) is 3.05. The summed E-state index contributed by atoms with van der Waals surface area (Å²) in [6.45, 7) is 0.566. The molecule has 4 nitrogen and oxygen atoms in total. The SMILES string of the molecule is O=C(Nc1ccc(O)cc1F)[C@@H]1CCCO1. The van der Waals surface area contributed by atoms with E-state index in [9.17, 15) is 9.18 Å². The van der Waals surface area contributed by atoms with E-state index in [1.165, 1.54) is 12.1 Å². The molecule has 1 aromatic carbocycles. The molecule has 0 bridgehead atoms. The van der Waals surface area contributed by atoms with Gasteiger partial charge in [0, 0.05) is 12.7 Å². The first-order valence-corrected chi connectivity index (χ1v) is 5.08. The van der Waals surface area contributed by atoms with Gasteiger partial charge in [0.15, 0.2) is 0 Å². The highest BCUT2D eigenvalue weighted by Gasteiger charge is 2.24. The van der Waals surface area contributed by atoms with E-state index < -0.39 is 11.9 Å². The van der Waals surface area contributed by atoms with Gasteiger partial charge in [0.2, 0.25) is 0 Å². The molecule has 16 heavy (non-hydrogen) atoms. The topological polar surface area (TPSA) is 58.6 Å². The van der Waals surface area contributed by atoms with Gasteiger partial charge in [-0.05, 0) is 25.0 Å². The van der Waals surface area contributed by atoms with Crippen LogP contribution in [0.5, 0.6) is 5.75 Å². The average Bonchev–Trinajstić information content (AvgIpc) is 2.75. The van der Waals surface area contributed by atoms with Crippen LogP contribution >= 0.6 is 0 Å². The molecular formula is C11H12FNO3. The first kappa shape index (κ1) is 10.9. The van der Waals surface area contributed by atoms with Crippen molar-refractivity contribution in [1.82, 2.24) is 0 Å². The van der Waals surface area contributed by atoms with Crippen LogP contribution in [0.25, 0.3) is 0 Å². The van der Waals surface area contributed by atoms with Gasteiger partial charge in [0.05, 0.1) is 5.69 Å². The molecule has 0 aromatic heterocycles. The second-order valence-electron chi connectivity index (χ2n) is 3.66. The molecule has 1 aromatic rings. The zero-order valence-corrected chi connectivity index (χ0v) is 8.57. The van der Waals surface area contributed by atoms with Crippen LogP contribution in [0.1, 0.15) is 12.8 Å². The van der Waals surface area contributed by atoms with Crippen LogP contribution in [0, 0.1) is 5.82 Å². The van der Waals surface area contributed by atoms with Crippen molar-refractivity contribution in [1.29, 1.82) is 0 Å². The first-order chi connectivity index (χ1) is 7.66. The number of nitrogens with one attached hydrogen (secondary N) is 1. The summed E-state index contributed by atoms with van der Waals surface area (Å²) in [5.41, 5.74) is 0.0540. The molecule has 1 heterocycles. The molecule has 1 aliphatic rings. The number of carbonyl (C=O) groups is 1. The van der Waals surface area contributed by atoms with E-state index in [0.29, 0.717) is 13.0 Å². The highest BCUT2D eigenvalue weighted by Crippen LogP contribution is 2.21. The van der Waals surface area contributed by atoms with Crippen molar-refractivity contribution in [3.8, 4) is 5.75 Å². The average molecular weight is 225 g/mol. The molecule has 1 amide bonds. The minimum atomic E-state index is -0.661. The summed E-state index contributed by atoms with van der Waals surface area (Å²) in [4.78, 5) is 11.6. The lowest BCUT2D eigenvalue weighted by Gasteiger charge is -2.10. The smallest absolute Gasteiger partial charge is 0.253 e. The first-order valence-electron chi connectivity index (χ1n) is 5.08. The summed E-state index contributed by atoms with van der Waals surface area (Å²) in [5, 5.41) is 11.4. The van der Waals surface area contributed by atoms with Gasteiger partial charge < -0.3 is 15.2 Å². The van der Waals surface area contributed by atoms with Crippen LogP contribution in [0.4, 0.5) is 10.1 Å². The molecule has 0 saturated carbocycles. The lowest BCUT2D eigenvalue weighted by molar-refractivity contribution is -0.124. The third kappa shape index (κ3) is 2.30. The molecule has 1 fully saturated rings. The quantitative estimate of drug-likeness (QED) is 0.752. The molecule has 0 unspecified atom stereocenters. The number of benzene rings is 1. The highest BCUT2D eigenvalue weighted by molar-refractivity contribution is 5.94. The van der Waals surface area contributed by atoms with Crippen LogP contribution in [0.15, 0.2) is 18.2 Å². The summed E-state index contributed by atoms with van der Waals surface area (Å²) < 4.78 is 18.4. The number of halogens is 1. The van der Waals surface area contributed by atoms with Gasteiger partial charge in [-0.2, -0.15) is 0 Å². The van der Waals surface area contributed by atoms with Crippen molar-refractivity contribution in [2.75, 3.05) is 11.9 Å². The number of phenolic OH excluding ortho intramolecular Hbond substituents is 1. The Morgan fingerprint density at radius 1 is 1.56 bits per heavy atom. The molecule has 2 rings (SSSR count). The Morgan fingerprint density at radius 2 is 2.38 bits per heavy atom. The van der Waals surface area contributed by atoms with E-state index in [4.69, 9.17) is 9.84 Å². The Balaban J connectivity index is 2.05. The van der Waals surface area contributed by atoms with Gasteiger partial charge >= 0.3 is 0 Å². The van der Waals surface area contributed by atoms with Crippen molar-refractivity contribution in [2.45, 2.75) is 18.9 Å². The number of anilines is 1. The van der Waals surface area contributed by atoms with Crippen LogP contribution in [0.2, 0.25) is 0 Å². The van der Waals surface area contributed by atoms with Gasteiger partial charge in [0.25, 0.3) is 5.91 Å². The van der Waals surface area contributed by atoms with Gasteiger partial charge in [-0.3, -0.25) is 4.79 Å². The van der Waals surface area contributed by atoms with Crippen LogP contribution in [0.3, 0.4) is 0 Å². The summed E-state index contributed by atoms with van der Waals surface area (Å²) >= 11 is 0. The number of carbonyl (C=O) groups excluding carboxylic acids is 1. The Labute approximate surface area is 92.0 Å². The number of aromatic hydroxyl groups is 1. The Morgan fingerprint density at radius 3 is 3.00 bits per heavy atom. The predicted octanol–water partition coefficient (Wildman–Crippen LogP) is 1.65. The van der Waals surface area contributed by atoms with Crippen molar-refractivity contribution >= 4 is 11.6 Å². The minimum absolute atomic E-state index is 0.0540. The monoisotopic (exact) mass is 225 g/mol. The van der Waals surface area contributed by atoms with Crippen LogP contribution < -0.4 is 5.32 Å². The van der Waals surface area contributed by atoms with Crippen LogP contribution in [-0.2, 0) is 9.53 Å². The maximum atomic E-state index is 13.3. The number of amides is 1. The molecule has 1 aliphatic heterocycles. The summed E-state index contributed by atoms with van der Waals surface area (Å²) in [6, 6.07) is 3.58. The molecule has 86 valence electrons. The van der Waals surface area contributed by atoms with Gasteiger partial charge in [-0.25, -0.2) is 4.39 Å². The number of phenols is 1. The van der Waals surface area contributed by atoms with E-state index in [0.717, 1.165) is 12.5 Å². The van der Waals surface area contributed by atoms with Crippen molar-refractivity contribution in [2.24, 2.45) is 0 Å². The lowest BCUT2D eigenvalue weighted by atomic mass is 10.2. The maximum absolute atomic E-state index is 13.3. The molecule has 1 saturated heterocycles. The van der Waals surface area contributed by atoms with E-state index in [1.807, 2.05) is 0 Å². The van der Waals surface area contributed by atoms with Crippen molar-refractivity contribution in [3.05, 3.63) is 24.0 Å². The minimum Gasteiger partial charge on any atom is -0.508 e. The summed E-state index contributed by atoms with van der Waals surface area (Å²) in [6.07, 6.45) is 1.01. The largest absolute Gasteiger partial charge is 0.508 e. The Bertz CT molecular complexity index is 402. The molecular weight excluding hydrogens is 213 g/mol. The molecule has 0 radical (unpaired) electrons. The number of hydrogen-bond acceptors (Lipinski definition) is 3. The second kappa shape index (κ2) is 4.49. The van der Waals surface area contributed by atoms with Crippen molar-refractivity contribution in [3.63, 3.8) is 0 Å². The fourth-order valence-corrected chi connectivity index (χ4v) is 1.60. The van der Waals surface area contributed by atoms with Crippen molar-refractivity contribution < 1.29 is 19.0 Å². The predicted molar refractivity (Wildman–Crippen MR) is 55.7 cm³/mol. The van der Waals surface area contributed by atoms with Crippen LogP contribution in [-0.4, -0.2) is 23.7 Å². The van der Waals surface area contributed by atoms with E-state index in [1.54, 1.807) is 0 Å².